The summed E-state index contributed by atoms with van der Waals surface area (Å²) in [5, 5.41) is 1.58. The zero-order valence-corrected chi connectivity index (χ0v) is 12.2. The molecule has 0 aliphatic rings. The van der Waals surface area contributed by atoms with E-state index in [1.54, 1.807) is 0 Å². The number of nitrogens with two attached hydrogens (primary N) is 1. The SMILES string of the molecule is Cc1ccc(Sc2nc(N)c3ccccc3n2)cc1C. The van der Waals surface area contributed by atoms with Gasteiger partial charge in [-0.05, 0) is 61.0 Å². The van der Waals surface area contributed by atoms with Crippen LogP contribution < -0.4 is 5.73 Å². The molecule has 0 spiro atoms. The van der Waals surface area contributed by atoms with Gasteiger partial charge in [-0.3, -0.25) is 0 Å². The molecule has 0 aliphatic carbocycles. The van der Waals surface area contributed by atoms with Crippen molar-refractivity contribution in [2.45, 2.75) is 23.9 Å². The van der Waals surface area contributed by atoms with Gasteiger partial charge in [0.05, 0.1) is 5.52 Å². The predicted molar refractivity (Wildman–Crippen MR) is 84.0 cm³/mol. The van der Waals surface area contributed by atoms with Crippen molar-refractivity contribution in [1.82, 2.24) is 9.97 Å². The Kier molecular flexibility index (Phi) is 3.32. The summed E-state index contributed by atoms with van der Waals surface area (Å²) in [6.07, 6.45) is 0. The normalized spacial score (nSPS) is 10.9. The standard InChI is InChI=1S/C16H15N3S/c1-10-7-8-12(9-11(10)2)20-16-18-14-6-4-3-5-13(14)15(17)19-16/h3-9H,1-2H3,(H2,17,18,19). The van der Waals surface area contributed by atoms with Crippen molar-refractivity contribution >= 4 is 28.5 Å². The van der Waals surface area contributed by atoms with Gasteiger partial charge in [-0.25, -0.2) is 9.97 Å². The molecule has 3 nitrogen and oxygen atoms in total. The van der Waals surface area contributed by atoms with Gasteiger partial charge in [-0.15, -0.1) is 0 Å². The first kappa shape index (κ1) is 12.9. The van der Waals surface area contributed by atoms with Gasteiger partial charge < -0.3 is 5.73 Å². The third-order valence-electron chi connectivity index (χ3n) is 3.30. The van der Waals surface area contributed by atoms with Crippen molar-refractivity contribution in [2.24, 2.45) is 0 Å². The molecule has 0 saturated heterocycles. The summed E-state index contributed by atoms with van der Waals surface area (Å²) in [6.45, 7) is 4.21. The minimum atomic E-state index is 0.530. The van der Waals surface area contributed by atoms with E-state index in [1.807, 2.05) is 24.3 Å². The minimum Gasteiger partial charge on any atom is -0.383 e. The zero-order valence-electron chi connectivity index (χ0n) is 11.4. The van der Waals surface area contributed by atoms with E-state index in [2.05, 4.69) is 42.0 Å². The number of nitrogen functional groups attached to an aromatic ring is 1. The molecule has 2 N–H and O–H groups in total. The first-order valence-corrected chi connectivity index (χ1v) is 7.22. The van der Waals surface area contributed by atoms with Crippen LogP contribution in [0, 0.1) is 13.8 Å². The molecule has 1 aromatic heterocycles. The Labute approximate surface area is 122 Å². The Hall–Kier alpha value is -2.07. The number of aromatic nitrogens is 2. The summed E-state index contributed by atoms with van der Waals surface area (Å²) in [7, 11) is 0. The smallest absolute Gasteiger partial charge is 0.194 e. The van der Waals surface area contributed by atoms with E-state index in [1.165, 1.54) is 22.9 Å². The largest absolute Gasteiger partial charge is 0.383 e. The van der Waals surface area contributed by atoms with Crippen LogP contribution in [0.25, 0.3) is 10.9 Å². The highest BCUT2D eigenvalue weighted by atomic mass is 32.2. The average Bonchev–Trinajstić information content (AvgIpc) is 2.43. The Morgan fingerprint density at radius 3 is 2.55 bits per heavy atom. The van der Waals surface area contributed by atoms with Crippen molar-refractivity contribution < 1.29 is 0 Å². The van der Waals surface area contributed by atoms with Crippen molar-refractivity contribution in [2.75, 3.05) is 5.73 Å². The van der Waals surface area contributed by atoms with Gasteiger partial charge in [-0.2, -0.15) is 0 Å². The summed E-state index contributed by atoms with van der Waals surface area (Å²) in [4.78, 5) is 10.1. The van der Waals surface area contributed by atoms with Crippen LogP contribution in [0.5, 0.6) is 0 Å². The second kappa shape index (κ2) is 5.13. The first-order valence-electron chi connectivity index (χ1n) is 6.41. The number of hydrogen-bond acceptors (Lipinski definition) is 4. The fourth-order valence-electron chi connectivity index (χ4n) is 2.01. The third-order valence-corrected chi connectivity index (χ3v) is 4.15. The lowest BCUT2D eigenvalue weighted by atomic mass is 10.1. The van der Waals surface area contributed by atoms with Crippen molar-refractivity contribution in [1.29, 1.82) is 0 Å². The lowest BCUT2D eigenvalue weighted by molar-refractivity contribution is 1.01. The van der Waals surface area contributed by atoms with Gasteiger partial charge in [-0.1, -0.05) is 18.2 Å². The van der Waals surface area contributed by atoms with E-state index in [9.17, 15) is 0 Å². The predicted octanol–water partition coefficient (Wildman–Crippen LogP) is 3.98. The van der Waals surface area contributed by atoms with E-state index >= 15 is 0 Å². The van der Waals surface area contributed by atoms with Gasteiger partial charge in [0.2, 0.25) is 0 Å². The van der Waals surface area contributed by atoms with E-state index < -0.39 is 0 Å². The minimum absolute atomic E-state index is 0.530. The van der Waals surface area contributed by atoms with Crippen LogP contribution in [0.2, 0.25) is 0 Å². The maximum atomic E-state index is 6.00. The maximum absolute atomic E-state index is 6.00. The zero-order chi connectivity index (χ0) is 14.1. The highest BCUT2D eigenvalue weighted by molar-refractivity contribution is 7.99. The number of nitrogens with zero attached hydrogens (tertiary/aromatic N) is 2. The molecule has 3 aromatic rings. The van der Waals surface area contributed by atoms with Crippen LogP contribution in [-0.4, -0.2) is 9.97 Å². The molecule has 4 heteroatoms. The summed E-state index contributed by atoms with van der Waals surface area (Å²) >= 11 is 1.54. The molecule has 2 aromatic carbocycles. The van der Waals surface area contributed by atoms with Crippen molar-refractivity contribution in [3.8, 4) is 0 Å². The molecule has 100 valence electrons. The van der Waals surface area contributed by atoms with Crippen molar-refractivity contribution in [3.05, 3.63) is 53.6 Å². The molecular weight excluding hydrogens is 266 g/mol. The van der Waals surface area contributed by atoms with Gasteiger partial charge in [0.1, 0.15) is 5.82 Å². The highest BCUT2D eigenvalue weighted by Gasteiger charge is 2.07. The molecule has 0 amide bonds. The molecule has 0 unspecified atom stereocenters. The van der Waals surface area contributed by atoms with Crippen LogP contribution in [0.3, 0.4) is 0 Å². The van der Waals surface area contributed by atoms with Gasteiger partial charge in [0.25, 0.3) is 0 Å². The first-order chi connectivity index (χ1) is 9.63. The molecule has 0 bridgehead atoms. The van der Waals surface area contributed by atoms with Gasteiger partial charge >= 0.3 is 0 Å². The third kappa shape index (κ3) is 2.47. The van der Waals surface area contributed by atoms with Crippen LogP contribution in [0.4, 0.5) is 5.82 Å². The van der Waals surface area contributed by atoms with Gasteiger partial charge in [0, 0.05) is 10.3 Å². The van der Waals surface area contributed by atoms with E-state index in [-0.39, 0.29) is 0 Å². The number of rotatable bonds is 2. The molecule has 0 radical (unpaired) electrons. The Bertz CT molecular complexity index is 784. The monoisotopic (exact) mass is 281 g/mol. The number of para-hydroxylation sites is 1. The van der Waals surface area contributed by atoms with Crippen LogP contribution in [0.1, 0.15) is 11.1 Å². The topological polar surface area (TPSA) is 51.8 Å². The Balaban J connectivity index is 2.00. The van der Waals surface area contributed by atoms with Crippen LogP contribution in [-0.2, 0) is 0 Å². The number of fused-ring (bicyclic) bond motifs is 1. The molecule has 0 atom stereocenters. The molecule has 20 heavy (non-hydrogen) atoms. The second-order valence-corrected chi connectivity index (χ2v) is 5.80. The molecule has 1 heterocycles. The van der Waals surface area contributed by atoms with Gasteiger partial charge in [0.15, 0.2) is 5.16 Å². The molecule has 0 fully saturated rings. The summed E-state index contributed by atoms with van der Waals surface area (Å²) in [5.74, 6) is 0.530. The van der Waals surface area contributed by atoms with E-state index in [0.29, 0.717) is 11.0 Å². The van der Waals surface area contributed by atoms with E-state index in [0.717, 1.165) is 15.8 Å². The molecule has 0 saturated carbocycles. The van der Waals surface area contributed by atoms with E-state index in [4.69, 9.17) is 5.73 Å². The van der Waals surface area contributed by atoms with Crippen molar-refractivity contribution in [3.63, 3.8) is 0 Å². The molecular formula is C16H15N3S. The Morgan fingerprint density at radius 1 is 0.950 bits per heavy atom. The van der Waals surface area contributed by atoms with Crippen LogP contribution >= 0.6 is 11.8 Å². The fraction of sp³-hybridized carbons (Fsp3) is 0.125. The summed E-state index contributed by atoms with van der Waals surface area (Å²) in [5.41, 5.74) is 9.43. The average molecular weight is 281 g/mol. The lowest BCUT2D eigenvalue weighted by Gasteiger charge is -2.06. The fourth-order valence-corrected chi connectivity index (χ4v) is 2.88. The number of hydrogen-bond donors (Lipinski definition) is 1. The quantitative estimate of drug-likeness (QED) is 0.722. The maximum Gasteiger partial charge on any atom is 0.194 e. The molecule has 0 aliphatic heterocycles. The van der Waals surface area contributed by atoms with Crippen LogP contribution in [0.15, 0.2) is 52.5 Å². The number of aryl methyl sites for hydroxylation is 2. The Morgan fingerprint density at radius 2 is 1.75 bits per heavy atom. The number of benzene rings is 2. The number of anilines is 1. The molecule has 3 rings (SSSR count). The summed E-state index contributed by atoms with van der Waals surface area (Å²) in [6, 6.07) is 14.1. The second-order valence-electron chi connectivity index (χ2n) is 4.76. The highest BCUT2D eigenvalue weighted by Crippen LogP contribution is 2.29. The lowest BCUT2D eigenvalue weighted by Crippen LogP contribution is -1.96. The summed E-state index contributed by atoms with van der Waals surface area (Å²) < 4.78 is 0.